The largest absolute Gasteiger partial charge is 0.344 e. The van der Waals surface area contributed by atoms with Gasteiger partial charge in [0.05, 0.1) is 0 Å². The molecule has 0 radical (unpaired) electrons. The van der Waals surface area contributed by atoms with Gasteiger partial charge in [-0.25, -0.2) is 0 Å². The minimum absolute atomic E-state index is 0.000196. The molecule has 0 aliphatic heterocycles. The highest BCUT2D eigenvalue weighted by atomic mass is 16.5. The van der Waals surface area contributed by atoms with Crippen molar-refractivity contribution in [2.24, 2.45) is 5.92 Å². The molecule has 1 aromatic heterocycles. The van der Waals surface area contributed by atoms with E-state index in [-0.39, 0.29) is 17.9 Å². The van der Waals surface area contributed by atoms with Gasteiger partial charge in [0.2, 0.25) is 17.6 Å². The molecule has 1 heterocycles. The summed E-state index contributed by atoms with van der Waals surface area (Å²) in [5.41, 5.74) is 2.00. The molecule has 5 heteroatoms. The van der Waals surface area contributed by atoms with Gasteiger partial charge in [-0.05, 0) is 24.8 Å². The minimum Gasteiger partial charge on any atom is -0.344 e. The lowest BCUT2D eigenvalue weighted by Gasteiger charge is -2.21. The topological polar surface area (TPSA) is 68.0 Å². The maximum Gasteiger partial charge on any atom is 0.249 e. The maximum atomic E-state index is 12.8. The van der Waals surface area contributed by atoms with E-state index in [1.807, 2.05) is 60.7 Å². The van der Waals surface area contributed by atoms with Crippen molar-refractivity contribution in [3.63, 3.8) is 0 Å². The molecule has 1 aliphatic carbocycles. The number of hydrogen-bond donors (Lipinski definition) is 1. The van der Waals surface area contributed by atoms with Crippen molar-refractivity contribution >= 4 is 5.91 Å². The van der Waals surface area contributed by atoms with Crippen LogP contribution in [0.2, 0.25) is 0 Å². The average Bonchev–Trinajstić information content (AvgIpc) is 3.25. The molecule has 4 rings (SSSR count). The number of benzene rings is 2. The summed E-state index contributed by atoms with van der Waals surface area (Å²) in [6.45, 7) is 0. The summed E-state index contributed by atoms with van der Waals surface area (Å²) >= 11 is 0. The zero-order valence-corrected chi connectivity index (χ0v) is 15.6. The number of amides is 1. The van der Waals surface area contributed by atoms with E-state index in [1.165, 1.54) is 0 Å². The lowest BCUT2D eigenvalue weighted by Crippen LogP contribution is -2.35. The zero-order chi connectivity index (χ0) is 19.2. The number of carbonyl (C=O) groups is 1. The first-order chi connectivity index (χ1) is 13.8. The Hall–Kier alpha value is -3.21. The van der Waals surface area contributed by atoms with Gasteiger partial charge in [0.1, 0.15) is 6.04 Å². The molecule has 0 saturated heterocycles. The van der Waals surface area contributed by atoms with Crippen molar-refractivity contribution in [3.05, 3.63) is 84.3 Å². The van der Waals surface area contributed by atoms with Crippen LogP contribution >= 0.6 is 0 Å². The Bertz CT molecular complexity index is 935. The van der Waals surface area contributed by atoms with Crippen LogP contribution in [0.5, 0.6) is 0 Å². The lowest BCUT2D eigenvalue weighted by atomic mass is 9.93. The van der Waals surface area contributed by atoms with Crippen LogP contribution in [0.25, 0.3) is 11.4 Å². The summed E-state index contributed by atoms with van der Waals surface area (Å²) in [5, 5.41) is 7.27. The van der Waals surface area contributed by atoms with E-state index in [2.05, 4.69) is 27.6 Å². The van der Waals surface area contributed by atoms with E-state index in [0.29, 0.717) is 18.1 Å². The molecule has 0 fully saturated rings. The number of carbonyl (C=O) groups excluding carboxylic acids is 1. The molecule has 1 N–H and O–H groups in total. The van der Waals surface area contributed by atoms with Gasteiger partial charge in [-0.2, -0.15) is 4.98 Å². The molecule has 2 unspecified atom stereocenters. The third kappa shape index (κ3) is 4.36. The normalized spacial score (nSPS) is 17.2. The molecule has 1 aliphatic rings. The molecule has 0 saturated carbocycles. The fourth-order valence-electron chi connectivity index (χ4n) is 3.45. The van der Waals surface area contributed by atoms with Crippen LogP contribution in [0.3, 0.4) is 0 Å². The number of rotatable bonds is 6. The van der Waals surface area contributed by atoms with Crippen LogP contribution in [-0.4, -0.2) is 16.0 Å². The van der Waals surface area contributed by atoms with Crippen molar-refractivity contribution in [1.29, 1.82) is 0 Å². The number of nitrogens with zero attached hydrogens (tertiary/aromatic N) is 2. The standard InChI is InChI=1S/C23H23N3O2/c27-22(19-14-8-3-9-15-19)24-20(16-17-10-4-1-5-11-17)23-25-21(26-28-23)18-12-6-2-7-13-18/h1-8,10-13,19-20H,9,14-16H2,(H,24,27). The molecule has 5 nitrogen and oxygen atoms in total. The van der Waals surface area contributed by atoms with Gasteiger partial charge < -0.3 is 9.84 Å². The van der Waals surface area contributed by atoms with Crippen molar-refractivity contribution in [3.8, 4) is 11.4 Å². The minimum atomic E-state index is -0.356. The van der Waals surface area contributed by atoms with E-state index < -0.39 is 0 Å². The highest BCUT2D eigenvalue weighted by molar-refractivity contribution is 5.79. The van der Waals surface area contributed by atoms with Gasteiger partial charge in [0, 0.05) is 17.9 Å². The van der Waals surface area contributed by atoms with Crippen molar-refractivity contribution in [1.82, 2.24) is 15.5 Å². The second kappa shape index (κ2) is 8.65. The Balaban J connectivity index is 1.56. The van der Waals surface area contributed by atoms with Crippen LogP contribution < -0.4 is 5.32 Å². The highest BCUT2D eigenvalue weighted by Crippen LogP contribution is 2.24. The summed E-state index contributed by atoms with van der Waals surface area (Å²) in [5.74, 6) is 1.01. The Morgan fingerprint density at radius 2 is 1.82 bits per heavy atom. The Morgan fingerprint density at radius 1 is 1.07 bits per heavy atom. The van der Waals surface area contributed by atoms with Gasteiger partial charge in [-0.15, -0.1) is 0 Å². The fourth-order valence-corrected chi connectivity index (χ4v) is 3.45. The van der Waals surface area contributed by atoms with Gasteiger partial charge in [-0.3, -0.25) is 4.79 Å². The summed E-state index contributed by atoms with van der Waals surface area (Å²) in [4.78, 5) is 17.4. The predicted octanol–water partition coefficient (Wildman–Crippen LogP) is 4.49. The number of nitrogens with one attached hydrogen (secondary N) is 1. The third-order valence-corrected chi connectivity index (χ3v) is 5.01. The molecule has 2 atom stereocenters. The van der Waals surface area contributed by atoms with E-state index in [1.54, 1.807) is 0 Å². The summed E-state index contributed by atoms with van der Waals surface area (Å²) in [6, 6.07) is 19.4. The van der Waals surface area contributed by atoms with Crippen LogP contribution in [0, 0.1) is 5.92 Å². The molecule has 3 aromatic rings. The first-order valence-electron chi connectivity index (χ1n) is 9.68. The first-order valence-corrected chi connectivity index (χ1v) is 9.68. The summed E-state index contributed by atoms with van der Waals surface area (Å²) < 4.78 is 5.55. The van der Waals surface area contributed by atoms with Crippen molar-refractivity contribution in [2.75, 3.05) is 0 Å². The van der Waals surface area contributed by atoms with Crippen LogP contribution in [0.1, 0.15) is 36.8 Å². The smallest absolute Gasteiger partial charge is 0.249 e. The third-order valence-electron chi connectivity index (χ3n) is 5.01. The van der Waals surface area contributed by atoms with Gasteiger partial charge in [-0.1, -0.05) is 78.0 Å². The molecule has 142 valence electrons. The molecule has 0 bridgehead atoms. The van der Waals surface area contributed by atoms with Gasteiger partial charge in [0.25, 0.3) is 0 Å². The first kappa shape index (κ1) is 18.2. The molecular weight excluding hydrogens is 350 g/mol. The predicted molar refractivity (Wildman–Crippen MR) is 107 cm³/mol. The Kier molecular flexibility index (Phi) is 5.61. The summed E-state index contributed by atoms with van der Waals surface area (Å²) in [7, 11) is 0. The van der Waals surface area contributed by atoms with Crippen LogP contribution in [-0.2, 0) is 11.2 Å². The lowest BCUT2D eigenvalue weighted by molar-refractivity contribution is -0.126. The van der Waals surface area contributed by atoms with E-state index >= 15 is 0 Å². The molecular formula is C23H23N3O2. The Morgan fingerprint density at radius 3 is 2.54 bits per heavy atom. The van der Waals surface area contributed by atoms with Crippen LogP contribution in [0.15, 0.2) is 77.3 Å². The highest BCUT2D eigenvalue weighted by Gasteiger charge is 2.26. The monoisotopic (exact) mass is 373 g/mol. The molecule has 0 spiro atoms. The summed E-state index contributed by atoms with van der Waals surface area (Å²) in [6.07, 6.45) is 7.42. The molecule has 28 heavy (non-hydrogen) atoms. The number of hydrogen-bond acceptors (Lipinski definition) is 4. The second-order valence-corrected chi connectivity index (χ2v) is 7.05. The molecule has 1 amide bonds. The average molecular weight is 373 g/mol. The van der Waals surface area contributed by atoms with Crippen molar-refractivity contribution < 1.29 is 9.32 Å². The van der Waals surface area contributed by atoms with E-state index in [4.69, 9.17) is 4.52 Å². The number of allylic oxidation sites excluding steroid dienone is 2. The maximum absolute atomic E-state index is 12.8. The zero-order valence-electron chi connectivity index (χ0n) is 15.6. The van der Waals surface area contributed by atoms with Gasteiger partial charge in [0.15, 0.2) is 0 Å². The van der Waals surface area contributed by atoms with Crippen LogP contribution in [0.4, 0.5) is 0 Å². The van der Waals surface area contributed by atoms with E-state index in [0.717, 1.165) is 30.4 Å². The second-order valence-electron chi connectivity index (χ2n) is 7.05. The fraction of sp³-hybridized carbons (Fsp3) is 0.261. The van der Waals surface area contributed by atoms with Gasteiger partial charge >= 0.3 is 0 Å². The quantitative estimate of drug-likeness (QED) is 0.646. The number of aromatic nitrogens is 2. The molecule has 2 aromatic carbocycles. The SMILES string of the molecule is O=C(NC(Cc1ccccc1)c1nc(-c2ccccc2)no1)C1CC=CCC1. The van der Waals surface area contributed by atoms with Crippen molar-refractivity contribution in [2.45, 2.75) is 31.7 Å². The van der Waals surface area contributed by atoms with E-state index in [9.17, 15) is 4.79 Å². The Labute approximate surface area is 164 Å².